The lowest BCUT2D eigenvalue weighted by atomic mass is 10.2. The van der Waals surface area contributed by atoms with Gasteiger partial charge in [0.15, 0.2) is 0 Å². The molecule has 1 atom stereocenters. The van der Waals surface area contributed by atoms with E-state index in [2.05, 4.69) is 27.9 Å². The van der Waals surface area contributed by atoms with Crippen molar-refractivity contribution in [2.75, 3.05) is 43.9 Å². The van der Waals surface area contributed by atoms with Crippen LogP contribution in [0.1, 0.15) is 18.0 Å². The monoisotopic (exact) mass is 410 g/mol. The summed E-state index contributed by atoms with van der Waals surface area (Å²) in [5.74, 6) is 2.46. The van der Waals surface area contributed by atoms with Crippen LogP contribution in [0.4, 0.5) is 5.69 Å². The Morgan fingerprint density at radius 2 is 1.86 bits per heavy atom. The third-order valence-electron chi connectivity index (χ3n) is 5.31. The van der Waals surface area contributed by atoms with E-state index in [4.69, 9.17) is 4.74 Å². The molecule has 0 bridgehead atoms. The van der Waals surface area contributed by atoms with Crippen LogP contribution in [0.3, 0.4) is 0 Å². The highest BCUT2D eigenvalue weighted by molar-refractivity contribution is 8.00. The van der Waals surface area contributed by atoms with Crippen LogP contribution in [0.5, 0.6) is 5.75 Å². The van der Waals surface area contributed by atoms with E-state index in [-0.39, 0.29) is 11.2 Å². The fraction of sp³-hybridized carbons (Fsp3) is 0.364. The lowest BCUT2D eigenvalue weighted by Crippen LogP contribution is -2.49. The molecule has 4 rings (SSSR count). The number of anilines is 1. The number of rotatable bonds is 6. The Hall–Kier alpha value is -2.67. The molecule has 1 saturated heterocycles. The zero-order valence-electron chi connectivity index (χ0n) is 16.8. The van der Waals surface area contributed by atoms with Crippen molar-refractivity contribution in [3.05, 3.63) is 54.4 Å². The third-order valence-corrected chi connectivity index (χ3v) is 6.44. The summed E-state index contributed by atoms with van der Waals surface area (Å²) in [7, 11) is 1.69. The number of methoxy groups -OCH3 is 1. The molecule has 1 aromatic heterocycles. The Morgan fingerprint density at radius 3 is 2.62 bits per heavy atom. The fourth-order valence-corrected chi connectivity index (χ4v) is 4.46. The quantitative estimate of drug-likeness (QED) is 0.671. The van der Waals surface area contributed by atoms with Gasteiger partial charge in [-0.2, -0.15) is 0 Å². The lowest BCUT2D eigenvalue weighted by molar-refractivity contribution is -0.128. The average Bonchev–Trinajstić information content (AvgIpc) is 3.22. The van der Waals surface area contributed by atoms with Gasteiger partial charge < -0.3 is 19.5 Å². The molecule has 6 nitrogen and oxygen atoms in total. The molecule has 0 radical (unpaired) electrons. The van der Waals surface area contributed by atoms with E-state index < -0.39 is 0 Å². The molecule has 152 valence electrons. The van der Waals surface area contributed by atoms with Crippen LogP contribution in [0.25, 0.3) is 11.0 Å². The van der Waals surface area contributed by atoms with Crippen molar-refractivity contribution < 1.29 is 9.53 Å². The van der Waals surface area contributed by atoms with Crippen molar-refractivity contribution in [2.45, 2.75) is 12.2 Å². The molecule has 0 unspecified atom stereocenters. The van der Waals surface area contributed by atoms with E-state index >= 15 is 0 Å². The largest absolute Gasteiger partial charge is 0.495 e. The van der Waals surface area contributed by atoms with Gasteiger partial charge in [0.05, 0.1) is 34.8 Å². The number of carbonyl (C=O) groups is 1. The van der Waals surface area contributed by atoms with Gasteiger partial charge in [0.25, 0.3) is 0 Å². The smallest absolute Gasteiger partial charge is 0.232 e. The molecule has 7 heteroatoms. The predicted octanol–water partition coefficient (Wildman–Crippen LogP) is 3.71. The number of nitrogens with one attached hydrogen (secondary N) is 1. The molecule has 0 aliphatic carbocycles. The first-order valence-corrected chi connectivity index (χ1v) is 10.9. The van der Waals surface area contributed by atoms with Crippen molar-refractivity contribution in [1.29, 1.82) is 0 Å². The molecule has 0 spiro atoms. The number of ether oxygens (including phenoxy) is 1. The van der Waals surface area contributed by atoms with Gasteiger partial charge in [-0.25, -0.2) is 4.98 Å². The maximum atomic E-state index is 12.7. The second kappa shape index (κ2) is 8.78. The van der Waals surface area contributed by atoms with Crippen LogP contribution in [0.15, 0.2) is 48.5 Å². The van der Waals surface area contributed by atoms with Gasteiger partial charge in [0, 0.05) is 26.2 Å². The molecule has 0 saturated carbocycles. The van der Waals surface area contributed by atoms with Crippen molar-refractivity contribution in [3.8, 4) is 5.75 Å². The maximum absolute atomic E-state index is 12.7. The molecule has 29 heavy (non-hydrogen) atoms. The van der Waals surface area contributed by atoms with Crippen molar-refractivity contribution in [3.63, 3.8) is 0 Å². The maximum Gasteiger partial charge on any atom is 0.232 e. The van der Waals surface area contributed by atoms with Gasteiger partial charge in [-0.15, -0.1) is 11.8 Å². The number of H-pyrrole nitrogens is 1. The zero-order chi connectivity index (χ0) is 20.2. The Labute approximate surface area is 175 Å². The zero-order valence-corrected chi connectivity index (χ0v) is 17.6. The molecule has 1 aliphatic heterocycles. The Morgan fingerprint density at radius 1 is 1.14 bits per heavy atom. The number of thioether (sulfide) groups is 1. The van der Waals surface area contributed by atoms with Crippen LogP contribution in [-0.2, 0) is 4.79 Å². The molecule has 3 aromatic rings. The number of hydrogen-bond donors (Lipinski definition) is 1. The van der Waals surface area contributed by atoms with E-state index in [9.17, 15) is 4.79 Å². The van der Waals surface area contributed by atoms with Crippen LogP contribution < -0.4 is 9.64 Å². The fourth-order valence-electron chi connectivity index (χ4n) is 3.62. The van der Waals surface area contributed by atoms with Gasteiger partial charge in [-0.05, 0) is 31.2 Å². The highest BCUT2D eigenvalue weighted by Gasteiger charge is 2.23. The van der Waals surface area contributed by atoms with Crippen molar-refractivity contribution >= 4 is 34.4 Å². The summed E-state index contributed by atoms with van der Waals surface area (Å²) in [6.45, 7) is 5.19. The Bertz CT molecular complexity index is 949. The van der Waals surface area contributed by atoms with Gasteiger partial charge in [-0.1, -0.05) is 24.3 Å². The van der Waals surface area contributed by atoms with E-state index in [1.165, 1.54) is 0 Å². The number of benzene rings is 2. The molecule has 2 heterocycles. The summed E-state index contributed by atoms with van der Waals surface area (Å²) >= 11 is 1.63. The normalized spacial score (nSPS) is 15.5. The first-order valence-electron chi connectivity index (χ1n) is 9.87. The molecular formula is C22H26N4O2S. The molecule has 2 aromatic carbocycles. The SMILES string of the molecule is COc1ccccc1N1CCN(C(=O)CS[C@@H](C)c2nc3ccccc3[nH]2)CC1. The highest BCUT2D eigenvalue weighted by Crippen LogP contribution is 2.30. The van der Waals surface area contributed by atoms with Gasteiger partial charge in [0.2, 0.25) is 5.91 Å². The minimum Gasteiger partial charge on any atom is -0.495 e. The second-order valence-corrected chi connectivity index (χ2v) is 8.46. The molecule has 1 fully saturated rings. The van der Waals surface area contributed by atoms with Crippen LogP contribution in [-0.4, -0.2) is 59.8 Å². The standard InChI is InChI=1S/C22H26N4O2S/c1-16(22-23-17-7-3-4-8-18(17)24-22)29-15-21(27)26-13-11-25(12-14-26)19-9-5-6-10-20(19)28-2/h3-10,16H,11-15H2,1-2H3,(H,23,24)/t16-/m0/s1. The number of aromatic amines is 1. The number of nitrogens with zero attached hydrogens (tertiary/aromatic N) is 3. The van der Waals surface area contributed by atoms with Gasteiger partial charge in [0.1, 0.15) is 11.6 Å². The Kier molecular flexibility index (Phi) is 5.94. The van der Waals surface area contributed by atoms with E-state index in [0.717, 1.165) is 54.5 Å². The number of hydrogen-bond acceptors (Lipinski definition) is 5. The first-order chi connectivity index (χ1) is 14.2. The number of carbonyl (C=O) groups excluding carboxylic acids is 1. The summed E-state index contributed by atoms with van der Waals surface area (Å²) in [6.07, 6.45) is 0. The number of fused-ring (bicyclic) bond motifs is 1. The average molecular weight is 411 g/mol. The first kappa shape index (κ1) is 19.6. The van der Waals surface area contributed by atoms with E-state index in [1.54, 1.807) is 18.9 Å². The van der Waals surface area contributed by atoms with E-state index in [0.29, 0.717) is 5.75 Å². The summed E-state index contributed by atoms with van der Waals surface area (Å²) in [5, 5.41) is 0.140. The predicted molar refractivity (Wildman–Crippen MR) is 119 cm³/mol. The van der Waals surface area contributed by atoms with Crippen LogP contribution in [0, 0.1) is 0 Å². The number of piperazine rings is 1. The number of imidazole rings is 1. The number of amides is 1. The van der Waals surface area contributed by atoms with Crippen molar-refractivity contribution in [1.82, 2.24) is 14.9 Å². The van der Waals surface area contributed by atoms with Crippen molar-refractivity contribution in [2.24, 2.45) is 0 Å². The summed E-state index contributed by atoms with van der Waals surface area (Å²) in [5.41, 5.74) is 3.09. The van der Waals surface area contributed by atoms with Gasteiger partial charge in [-0.3, -0.25) is 4.79 Å². The minimum atomic E-state index is 0.140. The topological polar surface area (TPSA) is 61.5 Å². The summed E-state index contributed by atoms with van der Waals surface area (Å²) in [6, 6.07) is 16.0. The summed E-state index contributed by atoms with van der Waals surface area (Å²) in [4.78, 5) is 25.0. The summed E-state index contributed by atoms with van der Waals surface area (Å²) < 4.78 is 5.47. The minimum absolute atomic E-state index is 0.140. The molecular weight excluding hydrogens is 384 g/mol. The molecule has 1 aliphatic rings. The third kappa shape index (κ3) is 4.34. The second-order valence-electron chi connectivity index (χ2n) is 7.13. The van der Waals surface area contributed by atoms with Crippen LogP contribution >= 0.6 is 11.8 Å². The van der Waals surface area contributed by atoms with E-state index in [1.807, 2.05) is 47.4 Å². The Balaban J connectivity index is 1.29. The number of para-hydroxylation sites is 4. The lowest BCUT2D eigenvalue weighted by Gasteiger charge is -2.36. The molecule has 1 N–H and O–H groups in total. The number of aromatic nitrogens is 2. The van der Waals surface area contributed by atoms with Crippen LogP contribution in [0.2, 0.25) is 0 Å². The molecule has 1 amide bonds. The van der Waals surface area contributed by atoms with Gasteiger partial charge >= 0.3 is 0 Å². The highest BCUT2D eigenvalue weighted by atomic mass is 32.2.